The molecule has 0 aromatic rings. The van der Waals surface area contributed by atoms with Crippen LogP contribution in [0.25, 0.3) is 0 Å². The maximum absolute atomic E-state index is 12.0. The Kier molecular flexibility index (Phi) is 7.39. The van der Waals surface area contributed by atoms with E-state index in [1.807, 2.05) is 5.32 Å². The molecule has 1 unspecified atom stereocenters. The molecule has 140 valence electrons. The molecule has 1 heterocycles. The van der Waals surface area contributed by atoms with Crippen molar-refractivity contribution in [3.05, 3.63) is 0 Å². The van der Waals surface area contributed by atoms with Gasteiger partial charge in [0.05, 0.1) is 6.61 Å². The lowest BCUT2D eigenvalue weighted by Crippen LogP contribution is -2.52. The van der Waals surface area contributed by atoms with Gasteiger partial charge in [-0.25, -0.2) is 9.78 Å². The molecule has 1 saturated carbocycles. The number of aliphatic hydroxyl groups is 2. The number of carbonyl (C=O) groups excluding carboxylic acids is 1. The van der Waals surface area contributed by atoms with Crippen molar-refractivity contribution in [3.63, 3.8) is 0 Å². The standard InChI is InChI=1S/C16H29NO7/c1-15(19,20)17-14(18)13-9-12-21-23-16(24-22-13)10-7-5-3-2-4-6-8-11-16/h13,19-20H,2-12H2,1H3,(H,17,18). The third-order valence-corrected chi connectivity index (χ3v) is 4.26. The van der Waals surface area contributed by atoms with Crippen LogP contribution in [0, 0.1) is 0 Å². The van der Waals surface area contributed by atoms with E-state index in [4.69, 9.17) is 19.6 Å². The van der Waals surface area contributed by atoms with Crippen molar-refractivity contribution in [3.8, 4) is 0 Å². The normalized spacial score (nSPS) is 27.0. The Morgan fingerprint density at radius 2 is 1.62 bits per heavy atom. The summed E-state index contributed by atoms with van der Waals surface area (Å²) in [4.78, 5) is 33.6. The summed E-state index contributed by atoms with van der Waals surface area (Å²) in [6.07, 6.45) is 8.09. The van der Waals surface area contributed by atoms with E-state index in [2.05, 4.69) is 0 Å². The van der Waals surface area contributed by atoms with Gasteiger partial charge in [0.1, 0.15) is 0 Å². The number of hydrogen-bond acceptors (Lipinski definition) is 7. The largest absolute Gasteiger partial charge is 0.349 e. The third kappa shape index (κ3) is 6.62. The molecule has 1 atom stereocenters. The summed E-state index contributed by atoms with van der Waals surface area (Å²) in [5, 5.41) is 20.6. The van der Waals surface area contributed by atoms with Gasteiger partial charge >= 0.3 is 0 Å². The monoisotopic (exact) mass is 347 g/mol. The predicted octanol–water partition coefficient (Wildman–Crippen LogP) is 1.65. The first-order chi connectivity index (χ1) is 11.4. The van der Waals surface area contributed by atoms with Gasteiger partial charge in [-0.05, 0) is 12.8 Å². The molecule has 0 aromatic heterocycles. The van der Waals surface area contributed by atoms with E-state index in [1.165, 1.54) is 19.3 Å². The van der Waals surface area contributed by atoms with E-state index in [1.54, 1.807) is 0 Å². The Bertz CT molecular complexity index is 386. The Hall–Kier alpha value is -0.770. The molecule has 1 aliphatic heterocycles. The van der Waals surface area contributed by atoms with E-state index in [0.29, 0.717) is 12.8 Å². The van der Waals surface area contributed by atoms with Gasteiger partial charge in [0, 0.05) is 26.2 Å². The second-order valence-electron chi connectivity index (χ2n) is 6.76. The minimum atomic E-state index is -2.31. The molecule has 24 heavy (non-hydrogen) atoms. The lowest BCUT2D eigenvalue weighted by Gasteiger charge is -2.34. The summed E-state index contributed by atoms with van der Waals surface area (Å²) in [5.41, 5.74) is 0. The molecule has 8 nitrogen and oxygen atoms in total. The average molecular weight is 347 g/mol. The number of carbonyl (C=O) groups is 1. The van der Waals surface area contributed by atoms with E-state index in [-0.39, 0.29) is 13.0 Å². The summed E-state index contributed by atoms with van der Waals surface area (Å²) in [5.74, 6) is -4.00. The molecular weight excluding hydrogens is 318 g/mol. The van der Waals surface area contributed by atoms with Gasteiger partial charge in [0.25, 0.3) is 5.91 Å². The number of nitrogens with one attached hydrogen (secondary N) is 1. The van der Waals surface area contributed by atoms with Crippen LogP contribution >= 0.6 is 0 Å². The first-order valence-corrected chi connectivity index (χ1v) is 8.82. The summed E-state index contributed by atoms with van der Waals surface area (Å²) >= 11 is 0. The molecular formula is C16H29NO7. The molecule has 0 radical (unpaired) electrons. The first-order valence-electron chi connectivity index (χ1n) is 8.82. The van der Waals surface area contributed by atoms with Crippen LogP contribution in [0.5, 0.6) is 0 Å². The topological polar surface area (TPSA) is 106 Å². The molecule has 1 spiro atoms. The van der Waals surface area contributed by atoms with Gasteiger partial charge in [-0.1, -0.05) is 32.1 Å². The third-order valence-electron chi connectivity index (χ3n) is 4.26. The van der Waals surface area contributed by atoms with Gasteiger partial charge in [-0.2, -0.15) is 9.78 Å². The Labute approximate surface area is 142 Å². The number of amides is 1. The number of rotatable bonds is 2. The van der Waals surface area contributed by atoms with Crippen LogP contribution < -0.4 is 5.32 Å². The quantitative estimate of drug-likeness (QED) is 0.515. The fraction of sp³-hybridized carbons (Fsp3) is 0.938. The van der Waals surface area contributed by atoms with E-state index >= 15 is 0 Å². The maximum Gasteiger partial charge on any atom is 0.256 e. The smallest absolute Gasteiger partial charge is 0.256 e. The van der Waals surface area contributed by atoms with Gasteiger partial charge in [-0.15, -0.1) is 0 Å². The first kappa shape index (κ1) is 19.6. The second-order valence-corrected chi connectivity index (χ2v) is 6.76. The molecule has 8 heteroatoms. The number of hydrogen-bond donors (Lipinski definition) is 3. The highest BCUT2D eigenvalue weighted by Crippen LogP contribution is 2.32. The van der Waals surface area contributed by atoms with Crippen molar-refractivity contribution in [2.24, 2.45) is 0 Å². The maximum atomic E-state index is 12.0. The van der Waals surface area contributed by atoms with Crippen LogP contribution in [0.2, 0.25) is 0 Å². The van der Waals surface area contributed by atoms with Gasteiger partial charge in [-0.3, -0.25) is 4.79 Å². The van der Waals surface area contributed by atoms with Crippen LogP contribution in [0.1, 0.15) is 71.1 Å². The molecule has 0 bridgehead atoms. The lowest BCUT2D eigenvalue weighted by atomic mass is 9.97. The summed E-state index contributed by atoms with van der Waals surface area (Å²) in [7, 11) is 0. The van der Waals surface area contributed by atoms with Gasteiger partial charge in [0.15, 0.2) is 6.10 Å². The zero-order valence-corrected chi connectivity index (χ0v) is 14.3. The van der Waals surface area contributed by atoms with E-state index < -0.39 is 23.7 Å². The molecule has 2 fully saturated rings. The van der Waals surface area contributed by atoms with Crippen LogP contribution in [-0.2, 0) is 24.3 Å². The zero-order chi connectivity index (χ0) is 17.5. The van der Waals surface area contributed by atoms with Crippen LogP contribution in [-0.4, -0.2) is 40.5 Å². The van der Waals surface area contributed by atoms with Crippen LogP contribution in [0.3, 0.4) is 0 Å². The van der Waals surface area contributed by atoms with Crippen molar-refractivity contribution in [2.45, 2.75) is 88.9 Å². The van der Waals surface area contributed by atoms with Crippen LogP contribution in [0.4, 0.5) is 0 Å². The van der Waals surface area contributed by atoms with Crippen molar-refractivity contribution in [2.75, 3.05) is 6.61 Å². The van der Waals surface area contributed by atoms with E-state index in [0.717, 1.165) is 32.6 Å². The minimum Gasteiger partial charge on any atom is -0.349 e. The summed E-state index contributed by atoms with van der Waals surface area (Å²) in [6.45, 7) is 1.20. The Morgan fingerprint density at radius 1 is 1.04 bits per heavy atom. The molecule has 1 aliphatic carbocycles. The SMILES string of the molecule is CC(O)(O)NC(=O)C1CCOOC2(CCCCCCCCC2)OO1. The van der Waals surface area contributed by atoms with Crippen molar-refractivity contribution in [1.29, 1.82) is 0 Å². The fourth-order valence-corrected chi connectivity index (χ4v) is 2.96. The highest BCUT2D eigenvalue weighted by Gasteiger charge is 2.39. The highest BCUT2D eigenvalue weighted by molar-refractivity contribution is 5.81. The molecule has 1 saturated heterocycles. The van der Waals surface area contributed by atoms with E-state index in [9.17, 15) is 15.0 Å². The molecule has 2 aliphatic rings. The Balaban J connectivity index is 1.97. The minimum absolute atomic E-state index is 0.150. The average Bonchev–Trinajstić information content (AvgIpc) is 2.48. The summed E-state index contributed by atoms with van der Waals surface area (Å²) < 4.78 is 0. The zero-order valence-electron chi connectivity index (χ0n) is 14.3. The van der Waals surface area contributed by atoms with Crippen molar-refractivity contribution < 1.29 is 34.6 Å². The Morgan fingerprint density at radius 3 is 2.21 bits per heavy atom. The van der Waals surface area contributed by atoms with Crippen molar-refractivity contribution >= 4 is 5.91 Å². The highest BCUT2D eigenvalue weighted by atomic mass is 17.3. The van der Waals surface area contributed by atoms with Crippen LogP contribution in [0.15, 0.2) is 0 Å². The lowest BCUT2D eigenvalue weighted by molar-refractivity contribution is -0.532. The summed E-state index contributed by atoms with van der Waals surface area (Å²) in [6, 6.07) is 0. The van der Waals surface area contributed by atoms with Crippen molar-refractivity contribution in [1.82, 2.24) is 5.32 Å². The fourth-order valence-electron chi connectivity index (χ4n) is 2.96. The molecule has 3 N–H and O–H groups in total. The van der Waals surface area contributed by atoms with Gasteiger partial charge in [0.2, 0.25) is 11.7 Å². The van der Waals surface area contributed by atoms with Gasteiger partial charge < -0.3 is 15.5 Å². The molecule has 2 rings (SSSR count). The molecule has 1 amide bonds. The molecule has 0 aromatic carbocycles. The predicted molar refractivity (Wildman–Crippen MR) is 82.9 cm³/mol. The second kappa shape index (κ2) is 9.07.